The van der Waals surface area contributed by atoms with Gasteiger partial charge in [-0.2, -0.15) is 0 Å². The Hall–Kier alpha value is -1.15. The molecule has 0 atom stereocenters. The second-order valence-electron chi connectivity index (χ2n) is 3.73. The third-order valence-corrected chi connectivity index (χ3v) is 3.54. The summed E-state index contributed by atoms with van der Waals surface area (Å²) in [5.41, 5.74) is 0.578. The van der Waals surface area contributed by atoms with E-state index in [4.69, 9.17) is 4.74 Å². The van der Waals surface area contributed by atoms with Crippen LogP contribution in [0, 0.1) is 6.92 Å². The first-order valence-electron chi connectivity index (χ1n) is 5.44. The van der Waals surface area contributed by atoms with E-state index < -0.39 is 10.0 Å². The van der Waals surface area contributed by atoms with Crippen molar-refractivity contribution in [1.29, 1.82) is 0 Å². The molecule has 0 spiro atoms. The van der Waals surface area contributed by atoms with Gasteiger partial charge in [-0.3, -0.25) is 4.72 Å². The van der Waals surface area contributed by atoms with Crippen LogP contribution in [0.25, 0.3) is 4.72 Å². The fraction of sp³-hybridized carbons (Fsp3) is 0.167. The fourth-order valence-electron chi connectivity index (χ4n) is 1.42. The van der Waals surface area contributed by atoms with Crippen LogP contribution in [0.5, 0.6) is 5.88 Å². The van der Waals surface area contributed by atoms with Gasteiger partial charge >= 0.3 is 29.6 Å². The van der Waals surface area contributed by atoms with E-state index >= 15 is 0 Å². The van der Waals surface area contributed by atoms with E-state index in [9.17, 15) is 8.42 Å². The van der Waals surface area contributed by atoms with E-state index in [1.54, 1.807) is 31.2 Å². The SMILES string of the molecule is COc1cc(C)nc([N-]S(=O)(=O)c2ccccc2)n1.[Na+]. The summed E-state index contributed by atoms with van der Waals surface area (Å²) in [5, 5.41) is 0. The molecule has 1 aromatic heterocycles. The number of nitrogens with zero attached hydrogens (tertiary/aromatic N) is 3. The first-order chi connectivity index (χ1) is 9.01. The summed E-state index contributed by atoms with van der Waals surface area (Å²) in [4.78, 5) is 7.94. The minimum absolute atomic E-state index is 0. The number of rotatable bonds is 4. The summed E-state index contributed by atoms with van der Waals surface area (Å²) in [6.45, 7) is 1.71. The van der Waals surface area contributed by atoms with E-state index in [0.29, 0.717) is 5.69 Å². The van der Waals surface area contributed by atoms with Crippen molar-refractivity contribution in [3.8, 4) is 5.88 Å². The predicted molar refractivity (Wildman–Crippen MR) is 70.0 cm³/mol. The molecule has 0 bridgehead atoms. The summed E-state index contributed by atoms with van der Waals surface area (Å²) >= 11 is 0. The topological polar surface area (TPSA) is 83.2 Å². The van der Waals surface area contributed by atoms with E-state index in [1.807, 2.05) is 0 Å². The summed E-state index contributed by atoms with van der Waals surface area (Å²) in [5.74, 6) is 0.134. The maximum atomic E-state index is 12.0. The normalized spacial score (nSPS) is 10.5. The zero-order chi connectivity index (χ0) is 13.9. The molecule has 2 aromatic rings. The van der Waals surface area contributed by atoms with Gasteiger partial charge in [0.15, 0.2) is 0 Å². The molecule has 1 aromatic carbocycles. The molecule has 0 radical (unpaired) electrons. The van der Waals surface area contributed by atoms with E-state index in [1.165, 1.54) is 19.2 Å². The van der Waals surface area contributed by atoms with Crippen LogP contribution in [-0.2, 0) is 10.0 Å². The zero-order valence-corrected chi connectivity index (χ0v) is 14.3. The average Bonchev–Trinajstić information content (AvgIpc) is 2.38. The molecule has 1 heterocycles. The van der Waals surface area contributed by atoms with Gasteiger partial charge < -0.3 is 14.7 Å². The van der Waals surface area contributed by atoms with Gasteiger partial charge in [0, 0.05) is 5.95 Å². The molecular formula is C12H12N3NaO3S. The number of hydrogen-bond donors (Lipinski definition) is 0. The van der Waals surface area contributed by atoms with Crippen molar-refractivity contribution >= 4 is 16.0 Å². The van der Waals surface area contributed by atoms with Crippen molar-refractivity contribution in [2.24, 2.45) is 0 Å². The number of ether oxygens (including phenoxy) is 1. The maximum Gasteiger partial charge on any atom is 1.00 e. The average molecular weight is 301 g/mol. The summed E-state index contributed by atoms with van der Waals surface area (Å²) in [6.07, 6.45) is 0. The Labute approximate surface area is 139 Å². The van der Waals surface area contributed by atoms with Crippen molar-refractivity contribution in [2.75, 3.05) is 7.11 Å². The molecule has 0 unspecified atom stereocenters. The number of benzene rings is 1. The fourth-order valence-corrected chi connectivity index (χ4v) is 2.33. The molecule has 0 N–H and O–H groups in total. The van der Waals surface area contributed by atoms with Crippen molar-refractivity contribution < 1.29 is 42.7 Å². The minimum atomic E-state index is -3.81. The predicted octanol–water partition coefficient (Wildman–Crippen LogP) is -0.808. The van der Waals surface area contributed by atoms with Gasteiger partial charge in [-0.25, -0.2) is 8.42 Å². The van der Waals surface area contributed by atoms with Gasteiger partial charge in [0.1, 0.15) is 5.88 Å². The standard InChI is InChI=1S/C12H12N3O3S.Na/c1-9-8-11(18-2)14-12(13-9)15-19(16,17)10-6-4-3-5-7-10;/h3-8H,1-2H3;/q-1;+1. The second kappa shape index (κ2) is 7.03. The Bertz CT molecular complexity index is 678. The molecule has 100 valence electrons. The largest absolute Gasteiger partial charge is 1.00 e. The Kier molecular flexibility index (Phi) is 5.94. The van der Waals surface area contributed by atoms with Gasteiger partial charge in [0.05, 0.1) is 12.0 Å². The monoisotopic (exact) mass is 301 g/mol. The number of aromatic nitrogens is 2. The van der Waals surface area contributed by atoms with Crippen LogP contribution in [0.3, 0.4) is 0 Å². The van der Waals surface area contributed by atoms with Gasteiger partial charge in [0.2, 0.25) is 10.0 Å². The molecule has 0 aliphatic rings. The van der Waals surface area contributed by atoms with Gasteiger partial charge in [-0.15, -0.1) is 0 Å². The van der Waals surface area contributed by atoms with Crippen molar-refractivity contribution in [1.82, 2.24) is 9.97 Å². The van der Waals surface area contributed by atoms with E-state index in [-0.39, 0.29) is 46.3 Å². The summed E-state index contributed by atoms with van der Waals surface area (Å²) in [7, 11) is -2.37. The molecular weight excluding hydrogens is 289 g/mol. The Morgan fingerprint density at radius 3 is 2.40 bits per heavy atom. The Morgan fingerprint density at radius 1 is 1.15 bits per heavy atom. The van der Waals surface area contributed by atoms with Crippen LogP contribution in [0.15, 0.2) is 41.3 Å². The Morgan fingerprint density at radius 2 is 1.80 bits per heavy atom. The van der Waals surface area contributed by atoms with Gasteiger partial charge in [-0.1, -0.05) is 18.2 Å². The molecule has 0 fully saturated rings. The first-order valence-corrected chi connectivity index (χ1v) is 6.88. The van der Waals surface area contributed by atoms with E-state index in [2.05, 4.69) is 14.7 Å². The molecule has 6 nitrogen and oxygen atoms in total. The number of methoxy groups -OCH3 is 1. The van der Waals surface area contributed by atoms with E-state index in [0.717, 1.165) is 0 Å². The van der Waals surface area contributed by atoms with Crippen molar-refractivity contribution in [2.45, 2.75) is 11.8 Å². The number of sulfonamides is 1. The van der Waals surface area contributed by atoms with Crippen LogP contribution in [0.2, 0.25) is 0 Å². The molecule has 0 aliphatic heterocycles. The van der Waals surface area contributed by atoms with Crippen LogP contribution >= 0.6 is 0 Å². The minimum Gasteiger partial charge on any atom is -0.493 e. The van der Waals surface area contributed by atoms with Crippen LogP contribution in [-0.4, -0.2) is 25.5 Å². The molecule has 2 rings (SSSR count). The van der Waals surface area contributed by atoms with Crippen LogP contribution in [0.4, 0.5) is 5.95 Å². The van der Waals surface area contributed by atoms with Gasteiger partial charge in [0.25, 0.3) is 0 Å². The van der Waals surface area contributed by atoms with Crippen molar-refractivity contribution in [3.63, 3.8) is 0 Å². The maximum absolute atomic E-state index is 12.0. The molecule has 8 heteroatoms. The number of hydrogen-bond acceptors (Lipinski definition) is 5. The van der Waals surface area contributed by atoms with Crippen LogP contribution in [0.1, 0.15) is 5.69 Å². The summed E-state index contributed by atoms with van der Waals surface area (Å²) in [6, 6.07) is 9.50. The quantitative estimate of drug-likeness (QED) is 0.690. The third-order valence-electron chi connectivity index (χ3n) is 2.27. The summed E-state index contributed by atoms with van der Waals surface area (Å²) < 4.78 is 32.6. The third kappa shape index (κ3) is 4.17. The molecule has 20 heavy (non-hydrogen) atoms. The van der Waals surface area contributed by atoms with Gasteiger partial charge in [-0.05, 0) is 30.8 Å². The molecule has 0 aliphatic carbocycles. The first kappa shape index (κ1) is 16.9. The van der Waals surface area contributed by atoms with Crippen LogP contribution < -0.4 is 34.3 Å². The number of aryl methyl sites for hydroxylation is 1. The smallest absolute Gasteiger partial charge is 0.493 e. The molecule has 0 saturated heterocycles. The second-order valence-corrected chi connectivity index (χ2v) is 5.34. The Balaban J connectivity index is 0.00000200. The zero-order valence-electron chi connectivity index (χ0n) is 11.4. The van der Waals surface area contributed by atoms with Crippen molar-refractivity contribution in [3.05, 3.63) is 46.8 Å². The molecule has 0 saturated carbocycles. The molecule has 0 amide bonds.